The maximum atomic E-state index is 12.2. The molecule has 0 aromatic heterocycles. The first-order valence-corrected chi connectivity index (χ1v) is 16.7. The van der Waals surface area contributed by atoms with Crippen molar-refractivity contribution in [1.82, 2.24) is 0 Å². The van der Waals surface area contributed by atoms with E-state index in [2.05, 4.69) is 103 Å². The average Bonchev–Trinajstić information content (AvgIpc) is 2.94. The summed E-state index contributed by atoms with van der Waals surface area (Å²) in [7, 11) is 0. The number of hydrogen-bond donors (Lipinski definition) is 0. The van der Waals surface area contributed by atoms with E-state index in [9.17, 15) is 4.79 Å². The van der Waals surface area contributed by atoms with Crippen LogP contribution in [0.1, 0.15) is 27.2 Å². The Balaban J connectivity index is 1.65. The van der Waals surface area contributed by atoms with Gasteiger partial charge in [-0.2, -0.15) is 0 Å². The first-order valence-electron chi connectivity index (χ1n) is 12.6. The van der Waals surface area contributed by atoms with E-state index in [-0.39, 0.29) is 12.6 Å². The minimum atomic E-state index is -3.24. The molecule has 0 saturated carbocycles. The molecule has 4 heteroatoms. The fraction of sp³-hybridized carbons (Fsp3) is 0.219. The van der Waals surface area contributed by atoms with Crippen LogP contribution in [0.25, 0.3) is 0 Å². The summed E-state index contributed by atoms with van der Waals surface area (Å²) in [5.41, 5.74) is -0.469. The van der Waals surface area contributed by atoms with Gasteiger partial charge in [0, 0.05) is 0 Å². The summed E-state index contributed by atoms with van der Waals surface area (Å²) in [4.78, 5) is 12.2. The van der Waals surface area contributed by atoms with Crippen LogP contribution in [0, 0.1) is 5.41 Å². The Hall–Kier alpha value is -3.31. The van der Waals surface area contributed by atoms with Crippen LogP contribution in [-0.4, -0.2) is 32.4 Å². The van der Waals surface area contributed by atoms with Crippen LogP contribution in [0.2, 0.25) is 0 Å². The summed E-state index contributed by atoms with van der Waals surface area (Å²) >= 11 is -3.24. The molecule has 0 unspecified atom stereocenters. The standard InChI is InChI=1S/C32H34GeO3/c1-4-32(2,3)31(34)36-25-24-35-30-22-20-29(21-23-30)33(26-14-8-5-9-15-26,27-16-10-6-11-17-27)28-18-12-7-13-19-28/h5-23H,4,24-25H2,1-3H3. The molecule has 4 aromatic carbocycles. The van der Waals surface area contributed by atoms with Crippen LogP contribution in [0.3, 0.4) is 0 Å². The Bertz CT molecular complexity index is 1140. The van der Waals surface area contributed by atoms with Gasteiger partial charge in [0.2, 0.25) is 0 Å². The second kappa shape index (κ2) is 11.6. The average molecular weight is 539 g/mol. The van der Waals surface area contributed by atoms with Gasteiger partial charge in [0.1, 0.15) is 0 Å². The number of ether oxygens (including phenoxy) is 2. The molecule has 0 aliphatic carbocycles. The van der Waals surface area contributed by atoms with Crippen molar-refractivity contribution >= 4 is 36.8 Å². The van der Waals surface area contributed by atoms with Crippen LogP contribution in [0.15, 0.2) is 115 Å². The monoisotopic (exact) mass is 540 g/mol. The molecule has 0 aliphatic heterocycles. The van der Waals surface area contributed by atoms with E-state index in [1.165, 1.54) is 17.6 Å². The van der Waals surface area contributed by atoms with Crippen molar-refractivity contribution in [2.75, 3.05) is 13.2 Å². The molecule has 4 aromatic rings. The molecule has 0 atom stereocenters. The van der Waals surface area contributed by atoms with E-state index >= 15 is 0 Å². The van der Waals surface area contributed by atoms with Gasteiger partial charge in [-0.1, -0.05) is 0 Å². The predicted octanol–water partition coefficient (Wildman–Crippen LogP) is 4.42. The Morgan fingerprint density at radius 3 is 1.47 bits per heavy atom. The third kappa shape index (κ3) is 5.41. The summed E-state index contributed by atoms with van der Waals surface area (Å²) in [6, 6.07) is 41.2. The van der Waals surface area contributed by atoms with Gasteiger partial charge in [-0.05, 0) is 0 Å². The molecule has 184 valence electrons. The fourth-order valence-electron chi connectivity index (χ4n) is 4.50. The number of hydrogen-bond acceptors (Lipinski definition) is 3. The van der Waals surface area contributed by atoms with Crippen LogP contribution in [-0.2, 0) is 9.53 Å². The van der Waals surface area contributed by atoms with Gasteiger partial charge >= 0.3 is 218 Å². The van der Waals surface area contributed by atoms with Crippen LogP contribution < -0.4 is 22.3 Å². The molecule has 0 aliphatic rings. The zero-order valence-corrected chi connectivity index (χ0v) is 23.4. The predicted molar refractivity (Wildman–Crippen MR) is 151 cm³/mol. The van der Waals surface area contributed by atoms with Crippen LogP contribution in [0.4, 0.5) is 0 Å². The molecule has 0 amide bonds. The summed E-state index contributed by atoms with van der Waals surface area (Å²) in [6.45, 7) is 6.36. The van der Waals surface area contributed by atoms with E-state index < -0.39 is 18.7 Å². The quantitative estimate of drug-likeness (QED) is 0.170. The normalized spacial score (nSPS) is 11.6. The first kappa shape index (κ1) is 25.8. The molecule has 0 N–H and O–H groups in total. The molecule has 0 heterocycles. The van der Waals surface area contributed by atoms with Gasteiger partial charge in [-0.15, -0.1) is 0 Å². The van der Waals surface area contributed by atoms with Crippen molar-refractivity contribution in [1.29, 1.82) is 0 Å². The number of rotatable bonds is 10. The third-order valence-corrected chi connectivity index (χ3v) is 17.0. The Kier molecular flexibility index (Phi) is 8.32. The molecule has 0 spiro atoms. The van der Waals surface area contributed by atoms with E-state index in [0.29, 0.717) is 6.61 Å². The number of benzene rings is 4. The summed E-state index contributed by atoms with van der Waals surface area (Å²) < 4.78 is 16.8. The topological polar surface area (TPSA) is 35.5 Å². The second-order valence-electron chi connectivity index (χ2n) is 9.59. The summed E-state index contributed by atoms with van der Waals surface area (Å²) in [6.07, 6.45) is 0.741. The van der Waals surface area contributed by atoms with E-state index in [4.69, 9.17) is 9.47 Å². The van der Waals surface area contributed by atoms with E-state index in [1.807, 2.05) is 32.9 Å². The van der Waals surface area contributed by atoms with Gasteiger partial charge in [0.25, 0.3) is 0 Å². The molecule has 0 bridgehead atoms. The Morgan fingerprint density at radius 1 is 0.639 bits per heavy atom. The van der Waals surface area contributed by atoms with Crippen molar-refractivity contribution in [3.05, 3.63) is 115 Å². The molecule has 0 fully saturated rings. The van der Waals surface area contributed by atoms with Crippen molar-refractivity contribution in [2.45, 2.75) is 27.2 Å². The van der Waals surface area contributed by atoms with Crippen LogP contribution >= 0.6 is 0 Å². The zero-order chi connectivity index (χ0) is 25.4. The number of carbonyl (C=O) groups excluding carboxylic acids is 1. The van der Waals surface area contributed by atoms with Crippen molar-refractivity contribution in [2.24, 2.45) is 5.41 Å². The molecule has 0 saturated heterocycles. The molecule has 4 rings (SSSR count). The van der Waals surface area contributed by atoms with Crippen molar-refractivity contribution in [3.8, 4) is 5.75 Å². The second-order valence-corrected chi connectivity index (χ2v) is 17.6. The van der Waals surface area contributed by atoms with Gasteiger partial charge in [0.15, 0.2) is 0 Å². The van der Waals surface area contributed by atoms with Gasteiger partial charge < -0.3 is 0 Å². The fourth-order valence-corrected chi connectivity index (χ4v) is 14.5. The Morgan fingerprint density at radius 2 is 1.06 bits per heavy atom. The number of carbonyl (C=O) groups is 1. The van der Waals surface area contributed by atoms with Gasteiger partial charge in [0.05, 0.1) is 0 Å². The number of esters is 1. The molecule has 0 radical (unpaired) electrons. The molecular weight excluding hydrogens is 505 g/mol. The maximum absolute atomic E-state index is 12.2. The molecule has 36 heavy (non-hydrogen) atoms. The van der Waals surface area contributed by atoms with Crippen molar-refractivity contribution < 1.29 is 14.3 Å². The van der Waals surface area contributed by atoms with E-state index in [0.717, 1.165) is 12.2 Å². The molecule has 3 nitrogen and oxygen atoms in total. The third-order valence-electron chi connectivity index (χ3n) is 6.93. The zero-order valence-electron chi connectivity index (χ0n) is 21.3. The van der Waals surface area contributed by atoms with Gasteiger partial charge in [-0.25, -0.2) is 0 Å². The van der Waals surface area contributed by atoms with Gasteiger partial charge in [-0.3, -0.25) is 0 Å². The van der Waals surface area contributed by atoms with Crippen molar-refractivity contribution in [3.63, 3.8) is 0 Å². The summed E-state index contributed by atoms with van der Waals surface area (Å²) in [5.74, 6) is 0.588. The van der Waals surface area contributed by atoms with E-state index in [1.54, 1.807) is 0 Å². The minimum absolute atomic E-state index is 0.185. The Labute approximate surface area is 217 Å². The molecular formula is C32H34GeO3. The van der Waals surface area contributed by atoms with Crippen LogP contribution in [0.5, 0.6) is 5.75 Å². The SMILES string of the molecule is CCC(C)(C)C(=O)OCCOc1cc[c]([Ge]([c]2ccccc2)([c]2ccccc2)[c]2ccccc2)cc1. The summed E-state index contributed by atoms with van der Waals surface area (Å²) in [5, 5.41) is 0. The first-order chi connectivity index (χ1) is 17.5.